The lowest BCUT2D eigenvalue weighted by atomic mass is 10.0. The monoisotopic (exact) mass is 355 g/mol. The van der Waals surface area contributed by atoms with Crippen molar-refractivity contribution in [2.75, 3.05) is 7.11 Å². The Morgan fingerprint density at radius 1 is 0.815 bits per heavy atom. The van der Waals surface area contributed by atoms with Crippen molar-refractivity contribution in [1.82, 2.24) is 15.0 Å². The molecule has 0 saturated carbocycles. The number of nitrogens with zero attached hydrogens (tertiary/aromatic N) is 3. The molecule has 0 aliphatic rings. The molecule has 0 aliphatic heterocycles. The summed E-state index contributed by atoms with van der Waals surface area (Å²) in [5, 5.41) is 8.97. The molecule has 0 spiro atoms. The van der Waals surface area contributed by atoms with Crippen LogP contribution in [0, 0.1) is 6.92 Å². The first-order valence-corrected chi connectivity index (χ1v) is 8.93. The van der Waals surface area contributed by atoms with Gasteiger partial charge in [-0.15, -0.1) is 5.10 Å². The zero-order valence-corrected chi connectivity index (χ0v) is 15.5. The lowest BCUT2D eigenvalue weighted by molar-refractivity contribution is 0.415. The van der Waals surface area contributed by atoms with Crippen LogP contribution in [0.4, 0.5) is 0 Å². The Morgan fingerprint density at radius 3 is 2.15 bits per heavy atom. The molecule has 1 heterocycles. The Labute approximate surface area is 159 Å². The molecule has 0 amide bonds. The van der Waals surface area contributed by atoms with E-state index >= 15 is 0 Å². The van der Waals surface area contributed by atoms with Crippen molar-refractivity contribution >= 4 is 0 Å². The van der Waals surface area contributed by atoms with E-state index in [1.807, 2.05) is 47.1 Å². The van der Waals surface area contributed by atoms with E-state index in [4.69, 9.17) is 4.74 Å². The first kappa shape index (κ1) is 17.0. The zero-order valence-electron chi connectivity index (χ0n) is 15.5. The number of benzene rings is 3. The molecular formula is C23H21N3O. The maximum absolute atomic E-state index is 5.28. The number of methoxy groups -OCH3 is 1. The minimum atomic E-state index is 0.674. The summed E-state index contributed by atoms with van der Waals surface area (Å²) in [6.45, 7) is 2.76. The molecule has 3 aromatic carbocycles. The van der Waals surface area contributed by atoms with Crippen LogP contribution in [-0.2, 0) is 6.54 Å². The third kappa shape index (κ3) is 3.60. The lowest BCUT2D eigenvalue weighted by Crippen LogP contribution is -2.04. The second-order valence-corrected chi connectivity index (χ2v) is 6.52. The van der Waals surface area contributed by atoms with Crippen LogP contribution in [0.5, 0.6) is 5.75 Å². The van der Waals surface area contributed by atoms with Crippen molar-refractivity contribution in [2.45, 2.75) is 13.5 Å². The summed E-state index contributed by atoms with van der Waals surface area (Å²) >= 11 is 0. The van der Waals surface area contributed by atoms with Crippen molar-refractivity contribution in [3.05, 3.63) is 90.0 Å². The van der Waals surface area contributed by atoms with Crippen LogP contribution in [0.3, 0.4) is 0 Å². The average Bonchev–Trinajstić information content (AvgIpc) is 3.13. The molecule has 134 valence electrons. The molecule has 4 heteroatoms. The minimum Gasteiger partial charge on any atom is -0.497 e. The van der Waals surface area contributed by atoms with Gasteiger partial charge in [0.15, 0.2) is 0 Å². The molecule has 0 unspecified atom stereocenters. The van der Waals surface area contributed by atoms with Crippen LogP contribution in [0.25, 0.3) is 22.5 Å². The largest absolute Gasteiger partial charge is 0.497 e. The fourth-order valence-electron chi connectivity index (χ4n) is 3.12. The van der Waals surface area contributed by atoms with Crippen LogP contribution in [-0.4, -0.2) is 22.1 Å². The number of rotatable bonds is 5. The van der Waals surface area contributed by atoms with E-state index in [2.05, 4.69) is 53.6 Å². The normalized spacial score (nSPS) is 10.7. The topological polar surface area (TPSA) is 39.9 Å². The molecule has 1 aromatic heterocycles. The molecule has 0 radical (unpaired) electrons. The molecular weight excluding hydrogens is 334 g/mol. The molecule has 0 atom stereocenters. The van der Waals surface area contributed by atoms with Gasteiger partial charge in [0.1, 0.15) is 11.4 Å². The van der Waals surface area contributed by atoms with E-state index in [9.17, 15) is 0 Å². The quantitative estimate of drug-likeness (QED) is 0.507. The van der Waals surface area contributed by atoms with Gasteiger partial charge >= 0.3 is 0 Å². The zero-order chi connectivity index (χ0) is 18.6. The first-order valence-electron chi connectivity index (χ1n) is 8.93. The van der Waals surface area contributed by atoms with E-state index in [0.717, 1.165) is 28.3 Å². The molecule has 4 rings (SSSR count). The molecule has 0 saturated heterocycles. The van der Waals surface area contributed by atoms with Crippen molar-refractivity contribution in [3.8, 4) is 28.3 Å². The summed E-state index contributed by atoms with van der Waals surface area (Å²) in [4.78, 5) is 0. The van der Waals surface area contributed by atoms with Crippen LogP contribution >= 0.6 is 0 Å². The van der Waals surface area contributed by atoms with E-state index in [1.165, 1.54) is 11.1 Å². The Morgan fingerprint density at radius 2 is 1.48 bits per heavy atom. The molecule has 0 bridgehead atoms. The third-order valence-corrected chi connectivity index (χ3v) is 4.60. The smallest absolute Gasteiger partial charge is 0.121 e. The Kier molecular flexibility index (Phi) is 4.71. The van der Waals surface area contributed by atoms with Gasteiger partial charge in [-0.05, 0) is 36.8 Å². The maximum Gasteiger partial charge on any atom is 0.121 e. The van der Waals surface area contributed by atoms with E-state index in [-0.39, 0.29) is 0 Å². The minimum absolute atomic E-state index is 0.674. The van der Waals surface area contributed by atoms with Crippen molar-refractivity contribution < 1.29 is 4.74 Å². The molecule has 4 nitrogen and oxygen atoms in total. The highest BCUT2D eigenvalue weighted by molar-refractivity contribution is 5.78. The van der Waals surface area contributed by atoms with Gasteiger partial charge in [-0.1, -0.05) is 65.4 Å². The van der Waals surface area contributed by atoms with Gasteiger partial charge in [0.2, 0.25) is 0 Å². The highest BCUT2D eigenvalue weighted by Crippen LogP contribution is 2.31. The second-order valence-electron chi connectivity index (χ2n) is 6.52. The van der Waals surface area contributed by atoms with Crippen LogP contribution in [0.2, 0.25) is 0 Å². The number of aryl methyl sites for hydroxylation is 1. The Balaban J connectivity index is 1.82. The highest BCUT2D eigenvalue weighted by Gasteiger charge is 2.17. The first-order chi connectivity index (χ1) is 13.2. The lowest BCUT2D eigenvalue weighted by Gasteiger charge is -2.10. The predicted molar refractivity (Wildman–Crippen MR) is 108 cm³/mol. The van der Waals surface area contributed by atoms with E-state index in [1.54, 1.807) is 7.11 Å². The maximum atomic E-state index is 5.28. The predicted octanol–water partition coefficient (Wildman–Crippen LogP) is 4.98. The average molecular weight is 355 g/mol. The molecule has 4 aromatic rings. The van der Waals surface area contributed by atoms with Gasteiger partial charge in [-0.25, -0.2) is 4.68 Å². The fraction of sp³-hybridized carbons (Fsp3) is 0.130. The number of hydrogen-bond donors (Lipinski definition) is 0. The molecule has 0 N–H and O–H groups in total. The van der Waals surface area contributed by atoms with Gasteiger partial charge in [-0.2, -0.15) is 0 Å². The van der Waals surface area contributed by atoms with Crippen LogP contribution in [0.15, 0.2) is 78.9 Å². The van der Waals surface area contributed by atoms with Crippen LogP contribution in [0.1, 0.15) is 11.1 Å². The Hall–Kier alpha value is -3.40. The van der Waals surface area contributed by atoms with Gasteiger partial charge in [0.25, 0.3) is 0 Å². The summed E-state index contributed by atoms with van der Waals surface area (Å²) in [5.41, 5.74) is 6.43. The highest BCUT2D eigenvalue weighted by atomic mass is 16.5. The number of aromatic nitrogens is 3. The summed E-state index contributed by atoms with van der Waals surface area (Å²) < 4.78 is 7.25. The summed E-state index contributed by atoms with van der Waals surface area (Å²) in [5.74, 6) is 0.826. The Bertz CT molecular complexity index is 1020. The van der Waals surface area contributed by atoms with Gasteiger partial charge < -0.3 is 4.74 Å². The summed E-state index contributed by atoms with van der Waals surface area (Å²) in [6, 6.07) is 26.8. The molecule has 27 heavy (non-hydrogen) atoms. The number of ether oxygens (including phenoxy) is 1. The summed E-state index contributed by atoms with van der Waals surface area (Å²) in [6.07, 6.45) is 0. The molecule has 0 aliphatic carbocycles. The summed E-state index contributed by atoms with van der Waals surface area (Å²) in [7, 11) is 1.67. The van der Waals surface area contributed by atoms with E-state index < -0.39 is 0 Å². The van der Waals surface area contributed by atoms with Gasteiger partial charge in [0, 0.05) is 11.1 Å². The van der Waals surface area contributed by atoms with Crippen molar-refractivity contribution in [2.24, 2.45) is 0 Å². The van der Waals surface area contributed by atoms with E-state index in [0.29, 0.717) is 6.54 Å². The van der Waals surface area contributed by atoms with Crippen molar-refractivity contribution in [3.63, 3.8) is 0 Å². The van der Waals surface area contributed by atoms with Crippen LogP contribution < -0.4 is 4.74 Å². The molecule has 0 fully saturated rings. The van der Waals surface area contributed by atoms with Gasteiger partial charge in [0.05, 0.1) is 19.3 Å². The van der Waals surface area contributed by atoms with Gasteiger partial charge in [-0.3, -0.25) is 0 Å². The van der Waals surface area contributed by atoms with Crippen molar-refractivity contribution in [1.29, 1.82) is 0 Å². The standard InChI is InChI=1S/C23H21N3O/c1-17-8-10-20(11-9-17)23-22(19-12-14-21(27-2)15-13-19)24-25-26(23)16-18-6-4-3-5-7-18/h3-15H,16H2,1-2H3. The third-order valence-electron chi connectivity index (χ3n) is 4.60. The second kappa shape index (κ2) is 7.46. The fourth-order valence-corrected chi connectivity index (χ4v) is 3.12. The SMILES string of the molecule is COc1ccc(-c2nnn(Cc3ccccc3)c2-c2ccc(C)cc2)cc1. The number of hydrogen-bond acceptors (Lipinski definition) is 3.